The molecule has 6 heteroatoms. The van der Waals surface area contributed by atoms with Crippen LogP contribution in [-0.4, -0.2) is 50.6 Å². The number of hydrogen-bond donors (Lipinski definition) is 1. The molecular formula is C23H28FN3O2. The second kappa shape index (κ2) is 8.82. The summed E-state index contributed by atoms with van der Waals surface area (Å²) in [4.78, 5) is 17.1. The third-order valence-electron chi connectivity index (χ3n) is 5.97. The number of unbranched alkanes of at least 4 members (excludes halogenated alkanes) is 1. The van der Waals surface area contributed by atoms with Crippen molar-refractivity contribution in [2.45, 2.75) is 25.2 Å². The largest absolute Gasteiger partial charge is 0.497 e. The van der Waals surface area contributed by atoms with Crippen LogP contribution in [-0.2, 0) is 4.79 Å². The molecule has 154 valence electrons. The number of carbonyl (C=O) groups excluding carboxylic acids is 1. The summed E-state index contributed by atoms with van der Waals surface area (Å²) in [5, 5.41) is 2.86. The highest BCUT2D eigenvalue weighted by Gasteiger charge is 2.30. The Bertz CT molecular complexity index is 865. The Balaban J connectivity index is 1.21. The van der Waals surface area contributed by atoms with Crippen molar-refractivity contribution in [3.63, 3.8) is 0 Å². The number of piperazine rings is 1. The predicted octanol–water partition coefficient (Wildman–Crippen LogP) is 3.86. The van der Waals surface area contributed by atoms with E-state index in [4.69, 9.17) is 4.74 Å². The summed E-state index contributed by atoms with van der Waals surface area (Å²) in [6, 6.07) is 12.8. The van der Waals surface area contributed by atoms with Crippen LogP contribution in [0.25, 0.3) is 0 Å². The van der Waals surface area contributed by atoms with Crippen molar-refractivity contribution >= 4 is 17.3 Å². The number of methoxy groups -OCH3 is 1. The monoisotopic (exact) mass is 397 g/mol. The molecule has 5 nitrogen and oxygen atoms in total. The first-order valence-corrected chi connectivity index (χ1v) is 10.4. The molecule has 1 saturated heterocycles. The highest BCUT2D eigenvalue weighted by Crippen LogP contribution is 2.36. The van der Waals surface area contributed by atoms with Gasteiger partial charge in [0.2, 0.25) is 5.91 Å². The number of nitrogens with one attached hydrogen (secondary N) is 1. The van der Waals surface area contributed by atoms with Gasteiger partial charge in [-0.2, -0.15) is 0 Å². The van der Waals surface area contributed by atoms with Crippen molar-refractivity contribution in [3.8, 4) is 5.75 Å². The number of hydrogen-bond acceptors (Lipinski definition) is 4. The first kappa shape index (κ1) is 19.7. The minimum atomic E-state index is -0.279. The third kappa shape index (κ3) is 4.53. The zero-order valence-corrected chi connectivity index (χ0v) is 16.9. The Labute approximate surface area is 171 Å². The molecular weight excluding hydrogens is 369 g/mol. The van der Waals surface area contributed by atoms with Gasteiger partial charge in [0.15, 0.2) is 0 Å². The number of rotatable bonds is 7. The van der Waals surface area contributed by atoms with Gasteiger partial charge in [-0.1, -0.05) is 12.5 Å². The highest BCUT2D eigenvalue weighted by atomic mass is 19.1. The van der Waals surface area contributed by atoms with Crippen molar-refractivity contribution in [1.29, 1.82) is 0 Å². The number of anilines is 2. The lowest BCUT2D eigenvalue weighted by atomic mass is 9.95. The number of amides is 1. The average Bonchev–Trinajstić information content (AvgIpc) is 3.06. The Morgan fingerprint density at radius 2 is 1.93 bits per heavy atom. The second-order valence-electron chi connectivity index (χ2n) is 7.80. The molecule has 2 aliphatic heterocycles. The molecule has 0 saturated carbocycles. The Morgan fingerprint density at radius 3 is 2.72 bits per heavy atom. The van der Waals surface area contributed by atoms with Crippen molar-refractivity contribution in [1.82, 2.24) is 4.90 Å². The number of fused-ring (bicyclic) bond motifs is 1. The van der Waals surface area contributed by atoms with Gasteiger partial charge in [-0.3, -0.25) is 9.69 Å². The highest BCUT2D eigenvalue weighted by molar-refractivity contribution is 6.02. The Hall–Kier alpha value is -2.60. The van der Waals surface area contributed by atoms with Gasteiger partial charge in [0.25, 0.3) is 0 Å². The van der Waals surface area contributed by atoms with Crippen molar-refractivity contribution in [2.75, 3.05) is 50.1 Å². The van der Waals surface area contributed by atoms with Crippen molar-refractivity contribution < 1.29 is 13.9 Å². The van der Waals surface area contributed by atoms with E-state index in [1.807, 2.05) is 12.1 Å². The topological polar surface area (TPSA) is 44.8 Å². The number of benzene rings is 2. The molecule has 4 rings (SSSR count). The summed E-state index contributed by atoms with van der Waals surface area (Å²) in [5.41, 5.74) is 2.78. The quantitative estimate of drug-likeness (QED) is 0.721. The summed E-state index contributed by atoms with van der Waals surface area (Å²) in [6.45, 7) is 5.12. The lowest BCUT2D eigenvalue weighted by Crippen LogP contribution is -2.46. The van der Waals surface area contributed by atoms with Crippen LogP contribution in [0, 0.1) is 5.82 Å². The van der Waals surface area contributed by atoms with E-state index in [1.54, 1.807) is 13.2 Å². The van der Waals surface area contributed by atoms with Gasteiger partial charge in [0.05, 0.1) is 13.0 Å². The molecule has 2 aliphatic rings. The lowest BCUT2D eigenvalue weighted by Gasteiger charge is -2.36. The summed E-state index contributed by atoms with van der Waals surface area (Å²) >= 11 is 0. The number of carbonyl (C=O) groups is 1. The fourth-order valence-electron chi connectivity index (χ4n) is 4.30. The summed E-state index contributed by atoms with van der Waals surface area (Å²) in [6.07, 6.45) is 2.78. The first-order chi connectivity index (χ1) is 14.1. The van der Waals surface area contributed by atoms with Gasteiger partial charge < -0.3 is 15.0 Å². The average molecular weight is 397 g/mol. The molecule has 2 heterocycles. The molecule has 2 aromatic rings. The van der Waals surface area contributed by atoms with E-state index in [9.17, 15) is 9.18 Å². The molecule has 1 unspecified atom stereocenters. The van der Waals surface area contributed by atoms with Gasteiger partial charge in [0, 0.05) is 43.6 Å². The predicted molar refractivity (Wildman–Crippen MR) is 113 cm³/mol. The zero-order valence-electron chi connectivity index (χ0n) is 16.9. The normalized spacial score (nSPS) is 19.2. The van der Waals surface area contributed by atoms with Crippen LogP contribution >= 0.6 is 0 Å². The van der Waals surface area contributed by atoms with E-state index >= 15 is 0 Å². The van der Waals surface area contributed by atoms with E-state index in [0.29, 0.717) is 0 Å². The van der Waals surface area contributed by atoms with Crippen LogP contribution in [0.5, 0.6) is 5.75 Å². The molecule has 0 radical (unpaired) electrons. The molecule has 1 fully saturated rings. The Morgan fingerprint density at radius 1 is 1.10 bits per heavy atom. The standard InChI is InChI=1S/C23H28FN3O2/c1-29-19-6-4-5-18(16-19)27-13-11-26(12-14-27)10-3-2-7-20-21-15-17(24)8-9-22(21)25-23(20)28/h4-6,8-9,15-16,20H,2-3,7,10-14H2,1H3,(H,25,28). The summed E-state index contributed by atoms with van der Waals surface area (Å²) < 4.78 is 18.9. The van der Waals surface area contributed by atoms with Crippen molar-refractivity contribution in [3.05, 3.63) is 53.8 Å². The SMILES string of the molecule is COc1cccc(N2CCN(CCCCC3C(=O)Nc4ccc(F)cc43)CC2)c1. The molecule has 1 amide bonds. The number of halogens is 1. The number of nitrogens with zero attached hydrogens (tertiary/aromatic N) is 2. The maximum Gasteiger partial charge on any atom is 0.232 e. The van der Waals surface area contributed by atoms with Gasteiger partial charge >= 0.3 is 0 Å². The lowest BCUT2D eigenvalue weighted by molar-refractivity contribution is -0.117. The maximum absolute atomic E-state index is 13.5. The van der Waals surface area contributed by atoms with Crippen LogP contribution < -0.4 is 15.0 Å². The molecule has 0 bridgehead atoms. The summed E-state index contributed by atoms with van der Waals surface area (Å²) in [5.74, 6) is 0.393. The summed E-state index contributed by atoms with van der Waals surface area (Å²) in [7, 11) is 1.70. The molecule has 29 heavy (non-hydrogen) atoms. The molecule has 1 atom stereocenters. The fraction of sp³-hybridized carbons (Fsp3) is 0.435. The van der Waals surface area contributed by atoms with Gasteiger partial charge in [-0.25, -0.2) is 4.39 Å². The van der Waals surface area contributed by atoms with Crippen LogP contribution in [0.2, 0.25) is 0 Å². The smallest absolute Gasteiger partial charge is 0.232 e. The Kier molecular flexibility index (Phi) is 6.00. The van der Waals surface area contributed by atoms with Crippen molar-refractivity contribution in [2.24, 2.45) is 0 Å². The zero-order chi connectivity index (χ0) is 20.2. The van der Waals surface area contributed by atoms with E-state index in [-0.39, 0.29) is 17.6 Å². The number of ether oxygens (including phenoxy) is 1. The van der Waals surface area contributed by atoms with Gasteiger partial charge in [0.1, 0.15) is 11.6 Å². The van der Waals surface area contributed by atoms with Crippen LogP contribution in [0.3, 0.4) is 0 Å². The van der Waals surface area contributed by atoms with E-state index in [1.165, 1.54) is 17.8 Å². The fourth-order valence-corrected chi connectivity index (χ4v) is 4.30. The molecule has 0 spiro atoms. The minimum Gasteiger partial charge on any atom is -0.497 e. The molecule has 2 aromatic carbocycles. The third-order valence-corrected chi connectivity index (χ3v) is 5.97. The second-order valence-corrected chi connectivity index (χ2v) is 7.80. The first-order valence-electron chi connectivity index (χ1n) is 10.4. The van der Waals surface area contributed by atoms with Gasteiger partial charge in [-0.15, -0.1) is 0 Å². The van der Waals surface area contributed by atoms with Crippen LogP contribution in [0.15, 0.2) is 42.5 Å². The van der Waals surface area contributed by atoms with Gasteiger partial charge in [-0.05, 0) is 55.3 Å². The minimum absolute atomic E-state index is 0.00231. The van der Waals surface area contributed by atoms with E-state index in [0.717, 1.165) is 69.0 Å². The molecule has 0 aromatic heterocycles. The van der Waals surface area contributed by atoms with Crippen LogP contribution in [0.1, 0.15) is 30.7 Å². The van der Waals surface area contributed by atoms with Crippen LogP contribution in [0.4, 0.5) is 15.8 Å². The van der Waals surface area contributed by atoms with E-state index in [2.05, 4.69) is 27.2 Å². The molecule has 1 N–H and O–H groups in total. The molecule has 0 aliphatic carbocycles. The van der Waals surface area contributed by atoms with E-state index < -0.39 is 0 Å². The maximum atomic E-state index is 13.5.